The normalized spacial score (nSPS) is 12.1. The van der Waals surface area contributed by atoms with Crippen LogP contribution in [0, 0.1) is 5.92 Å². The van der Waals surface area contributed by atoms with E-state index in [0.29, 0.717) is 0 Å². The van der Waals surface area contributed by atoms with E-state index in [1.54, 1.807) is 13.8 Å². The van der Waals surface area contributed by atoms with Crippen molar-refractivity contribution in [1.82, 2.24) is 0 Å². The molecule has 0 saturated heterocycles. The molecule has 0 fully saturated rings. The zero-order valence-corrected chi connectivity index (χ0v) is 6.83. The first-order valence-corrected chi connectivity index (χ1v) is 3.32. The Kier molecular flexibility index (Phi) is 2.77. The molecular formula is C5H9Cl2NO. The number of nitrogens with two attached hydrogens (primary N) is 1. The van der Waals surface area contributed by atoms with E-state index in [4.69, 9.17) is 28.9 Å². The molecule has 2 nitrogen and oxygen atoms in total. The van der Waals surface area contributed by atoms with Crippen molar-refractivity contribution in [3.63, 3.8) is 0 Å². The van der Waals surface area contributed by atoms with Gasteiger partial charge in [0.05, 0.1) is 0 Å². The lowest BCUT2D eigenvalue weighted by molar-refractivity contribution is -0.119. The molecule has 0 aromatic heterocycles. The fourth-order valence-corrected chi connectivity index (χ4v) is 0.285. The van der Waals surface area contributed by atoms with Crippen molar-refractivity contribution in [2.24, 2.45) is 11.7 Å². The highest BCUT2D eigenvalue weighted by Crippen LogP contribution is 2.29. The van der Waals surface area contributed by atoms with Crippen LogP contribution >= 0.6 is 23.2 Å². The highest BCUT2D eigenvalue weighted by molar-refractivity contribution is 6.58. The van der Waals surface area contributed by atoms with Crippen molar-refractivity contribution in [3.05, 3.63) is 0 Å². The SMILES string of the molecule is CC(C)C(Cl)(Cl)C(N)=O. The van der Waals surface area contributed by atoms with Crippen LogP contribution in [0.2, 0.25) is 0 Å². The summed E-state index contributed by atoms with van der Waals surface area (Å²) in [5.74, 6) is -0.848. The number of alkyl halides is 2. The highest BCUT2D eigenvalue weighted by Gasteiger charge is 2.34. The third-order valence-electron chi connectivity index (χ3n) is 1.05. The molecule has 0 aromatic carbocycles. The fraction of sp³-hybridized carbons (Fsp3) is 0.800. The third kappa shape index (κ3) is 2.03. The van der Waals surface area contributed by atoms with Gasteiger partial charge in [0.25, 0.3) is 5.91 Å². The smallest absolute Gasteiger partial charge is 0.254 e. The van der Waals surface area contributed by atoms with Crippen LogP contribution in [-0.2, 0) is 4.79 Å². The quantitative estimate of drug-likeness (QED) is 0.623. The maximum Gasteiger partial charge on any atom is 0.254 e. The van der Waals surface area contributed by atoms with E-state index < -0.39 is 10.2 Å². The van der Waals surface area contributed by atoms with Crippen LogP contribution in [0.25, 0.3) is 0 Å². The standard InChI is InChI=1S/C5H9Cl2NO/c1-3(2)5(6,7)4(8)9/h3H,1-2H3,(H2,8,9). The molecule has 1 amide bonds. The first kappa shape index (κ1) is 9.05. The lowest BCUT2D eigenvalue weighted by Gasteiger charge is -2.18. The largest absolute Gasteiger partial charge is 0.367 e. The monoisotopic (exact) mass is 169 g/mol. The summed E-state index contributed by atoms with van der Waals surface area (Å²) in [5, 5.41) is 0. The summed E-state index contributed by atoms with van der Waals surface area (Å²) in [6.45, 7) is 3.45. The van der Waals surface area contributed by atoms with E-state index in [1.165, 1.54) is 0 Å². The van der Waals surface area contributed by atoms with Gasteiger partial charge in [-0.1, -0.05) is 37.0 Å². The molecule has 0 unspecified atom stereocenters. The van der Waals surface area contributed by atoms with E-state index in [2.05, 4.69) is 0 Å². The summed E-state index contributed by atoms with van der Waals surface area (Å²) in [6, 6.07) is 0. The number of halogens is 2. The maximum atomic E-state index is 10.4. The van der Waals surface area contributed by atoms with Crippen LogP contribution in [-0.4, -0.2) is 10.2 Å². The van der Waals surface area contributed by atoms with Crippen LogP contribution in [0.15, 0.2) is 0 Å². The van der Waals surface area contributed by atoms with Crippen LogP contribution in [0.4, 0.5) is 0 Å². The van der Waals surface area contributed by atoms with Gasteiger partial charge in [-0.25, -0.2) is 0 Å². The van der Waals surface area contributed by atoms with Gasteiger partial charge in [-0.15, -0.1) is 0 Å². The second kappa shape index (κ2) is 2.76. The van der Waals surface area contributed by atoms with Crippen molar-refractivity contribution in [3.8, 4) is 0 Å². The molecule has 54 valence electrons. The van der Waals surface area contributed by atoms with Gasteiger partial charge in [-0.3, -0.25) is 4.79 Å². The number of hydrogen-bond donors (Lipinski definition) is 1. The van der Waals surface area contributed by atoms with Crippen LogP contribution in [0.5, 0.6) is 0 Å². The van der Waals surface area contributed by atoms with Crippen LogP contribution < -0.4 is 5.73 Å². The van der Waals surface area contributed by atoms with Crippen molar-refractivity contribution < 1.29 is 4.79 Å². The third-order valence-corrected chi connectivity index (χ3v) is 2.30. The number of rotatable bonds is 2. The van der Waals surface area contributed by atoms with Gasteiger partial charge in [0, 0.05) is 0 Å². The van der Waals surface area contributed by atoms with Gasteiger partial charge in [0.1, 0.15) is 0 Å². The summed E-state index contributed by atoms with van der Waals surface area (Å²) in [4.78, 5) is 10.4. The molecular weight excluding hydrogens is 161 g/mol. The second-order valence-electron chi connectivity index (χ2n) is 2.14. The van der Waals surface area contributed by atoms with Gasteiger partial charge in [0.2, 0.25) is 0 Å². The fourth-order valence-electron chi connectivity index (χ4n) is 0.285. The van der Waals surface area contributed by atoms with Crippen LogP contribution in [0.1, 0.15) is 13.8 Å². The molecule has 0 radical (unpaired) electrons. The number of hydrogen-bond acceptors (Lipinski definition) is 1. The number of carbonyl (C=O) groups is 1. The minimum Gasteiger partial charge on any atom is -0.367 e. The van der Waals surface area contributed by atoms with E-state index >= 15 is 0 Å². The minimum atomic E-state index is -1.42. The predicted octanol–water partition coefficient (Wildman–Crippen LogP) is 1.30. The Hall–Kier alpha value is 0.0500. The average Bonchev–Trinajstić information content (AvgIpc) is 1.65. The number of amides is 1. The van der Waals surface area contributed by atoms with Crippen LogP contribution in [0.3, 0.4) is 0 Å². The van der Waals surface area contributed by atoms with Crippen molar-refractivity contribution in [2.45, 2.75) is 18.2 Å². The Morgan fingerprint density at radius 3 is 1.89 bits per heavy atom. The molecule has 0 saturated carbocycles. The first-order valence-electron chi connectivity index (χ1n) is 2.56. The lowest BCUT2D eigenvalue weighted by atomic mass is 10.1. The molecule has 0 bridgehead atoms. The molecule has 0 rings (SSSR count). The van der Waals surface area contributed by atoms with E-state index in [0.717, 1.165) is 0 Å². The minimum absolute atomic E-state index is 0.154. The molecule has 9 heavy (non-hydrogen) atoms. The number of carbonyl (C=O) groups excluding carboxylic acids is 1. The van der Waals surface area contributed by atoms with E-state index in [1.807, 2.05) is 0 Å². The van der Waals surface area contributed by atoms with Gasteiger partial charge >= 0.3 is 0 Å². The van der Waals surface area contributed by atoms with Crippen molar-refractivity contribution in [2.75, 3.05) is 0 Å². The van der Waals surface area contributed by atoms with Gasteiger partial charge in [0.15, 0.2) is 4.33 Å². The topological polar surface area (TPSA) is 43.1 Å². The molecule has 4 heteroatoms. The zero-order chi connectivity index (χ0) is 7.65. The van der Waals surface area contributed by atoms with Gasteiger partial charge in [-0.2, -0.15) is 0 Å². The molecule has 0 spiro atoms. The number of primary amides is 1. The molecule has 0 aliphatic rings. The van der Waals surface area contributed by atoms with Crippen molar-refractivity contribution >= 4 is 29.1 Å². The van der Waals surface area contributed by atoms with E-state index in [-0.39, 0.29) is 5.92 Å². The summed E-state index contributed by atoms with van der Waals surface area (Å²) >= 11 is 11.0. The maximum absolute atomic E-state index is 10.4. The molecule has 0 aromatic rings. The Morgan fingerprint density at radius 2 is 1.89 bits per heavy atom. The van der Waals surface area contributed by atoms with Gasteiger partial charge < -0.3 is 5.73 Å². The Bertz CT molecular complexity index is 122. The second-order valence-corrected chi connectivity index (χ2v) is 3.53. The lowest BCUT2D eigenvalue weighted by Crippen LogP contribution is -2.37. The summed E-state index contributed by atoms with van der Waals surface area (Å²) < 4.78 is -1.42. The summed E-state index contributed by atoms with van der Waals surface area (Å²) in [6.07, 6.45) is 0. The first-order chi connectivity index (χ1) is 3.89. The summed E-state index contributed by atoms with van der Waals surface area (Å²) in [5.41, 5.74) is 4.87. The molecule has 0 aliphatic carbocycles. The predicted molar refractivity (Wildman–Crippen MR) is 38.5 cm³/mol. The molecule has 0 atom stereocenters. The summed E-state index contributed by atoms with van der Waals surface area (Å²) in [7, 11) is 0. The zero-order valence-electron chi connectivity index (χ0n) is 5.32. The Morgan fingerprint density at radius 1 is 1.56 bits per heavy atom. The Balaban J connectivity index is 4.19. The van der Waals surface area contributed by atoms with Crippen molar-refractivity contribution in [1.29, 1.82) is 0 Å². The van der Waals surface area contributed by atoms with Gasteiger partial charge in [-0.05, 0) is 5.92 Å². The molecule has 0 aliphatic heterocycles. The van der Waals surface area contributed by atoms with E-state index in [9.17, 15) is 4.79 Å². The molecule has 2 N–H and O–H groups in total. The molecule has 0 heterocycles. The highest BCUT2D eigenvalue weighted by atomic mass is 35.5. The average molecular weight is 170 g/mol. The Labute approximate surface area is 64.3 Å².